The first-order valence-corrected chi connectivity index (χ1v) is 12.9. The van der Waals surface area contributed by atoms with Gasteiger partial charge in [0.25, 0.3) is 5.91 Å². The summed E-state index contributed by atoms with van der Waals surface area (Å²) in [6.07, 6.45) is 7.08. The first-order chi connectivity index (χ1) is 14.9. The van der Waals surface area contributed by atoms with Gasteiger partial charge in [-0.2, -0.15) is 4.31 Å². The number of rotatable bonds is 6. The lowest BCUT2D eigenvalue weighted by Crippen LogP contribution is -2.30. The van der Waals surface area contributed by atoms with E-state index < -0.39 is 10.0 Å². The highest BCUT2D eigenvalue weighted by Gasteiger charge is 2.30. The fourth-order valence-electron chi connectivity index (χ4n) is 4.54. The molecule has 0 radical (unpaired) electrons. The summed E-state index contributed by atoms with van der Waals surface area (Å²) in [4.78, 5) is 13.0. The van der Waals surface area contributed by atoms with Crippen LogP contribution in [0.4, 0.5) is 0 Å². The van der Waals surface area contributed by atoms with Gasteiger partial charge in [-0.15, -0.1) is 0 Å². The molecule has 0 aromatic heterocycles. The van der Waals surface area contributed by atoms with Crippen molar-refractivity contribution in [1.82, 2.24) is 9.62 Å². The van der Waals surface area contributed by atoms with Gasteiger partial charge >= 0.3 is 0 Å². The minimum atomic E-state index is -3.70. The van der Waals surface area contributed by atoms with Gasteiger partial charge in [-0.1, -0.05) is 36.7 Å². The average Bonchev–Trinajstić information content (AvgIpc) is 3.33. The van der Waals surface area contributed by atoms with E-state index in [2.05, 4.69) is 23.5 Å². The standard InChI is InChI=1S/C24H29ClN2O3S/c1-2-22(19-10-9-17-7-3-4-8-18(17)15-19)26-24(28)20-11-12-21(25)23(16-20)31(29,30)27-13-5-6-14-27/h9-12,15-16,22H,2-8,13-14H2,1H3,(H,26,28). The quantitative estimate of drug-likeness (QED) is 0.667. The Balaban J connectivity index is 1.56. The molecule has 1 amide bonds. The van der Waals surface area contributed by atoms with E-state index in [1.165, 1.54) is 40.4 Å². The molecule has 2 aromatic carbocycles. The Morgan fingerprint density at radius 1 is 1.03 bits per heavy atom. The molecule has 0 spiro atoms. The van der Waals surface area contributed by atoms with Gasteiger partial charge < -0.3 is 5.32 Å². The normalized spacial score (nSPS) is 17.9. The van der Waals surface area contributed by atoms with Crippen LogP contribution in [0, 0.1) is 0 Å². The Hall–Kier alpha value is -1.89. The molecular weight excluding hydrogens is 432 g/mol. The highest BCUT2D eigenvalue weighted by Crippen LogP contribution is 2.29. The van der Waals surface area contributed by atoms with Crippen LogP contribution < -0.4 is 5.32 Å². The Bertz CT molecular complexity index is 1080. The predicted molar refractivity (Wildman–Crippen MR) is 123 cm³/mol. The summed E-state index contributed by atoms with van der Waals surface area (Å²) in [7, 11) is -3.70. The first-order valence-electron chi connectivity index (χ1n) is 11.1. The van der Waals surface area contributed by atoms with Crippen molar-refractivity contribution in [3.05, 3.63) is 63.7 Å². The summed E-state index contributed by atoms with van der Waals surface area (Å²) in [5, 5.41) is 3.23. The number of carbonyl (C=O) groups excluding carboxylic acids is 1. The number of fused-ring (bicyclic) bond motifs is 1. The summed E-state index contributed by atoms with van der Waals surface area (Å²) in [6, 6.07) is 10.9. The number of nitrogens with zero attached hydrogens (tertiary/aromatic N) is 1. The van der Waals surface area contributed by atoms with Crippen LogP contribution in [0.25, 0.3) is 0 Å². The Kier molecular flexibility index (Phi) is 6.70. The molecule has 1 aliphatic heterocycles. The van der Waals surface area contributed by atoms with E-state index in [1.807, 2.05) is 6.92 Å². The average molecular weight is 461 g/mol. The molecule has 7 heteroatoms. The van der Waals surface area contributed by atoms with Gasteiger partial charge in [0, 0.05) is 18.7 Å². The number of hydrogen-bond donors (Lipinski definition) is 1. The Morgan fingerprint density at radius 2 is 1.74 bits per heavy atom. The molecule has 1 atom stereocenters. The molecule has 1 N–H and O–H groups in total. The summed E-state index contributed by atoms with van der Waals surface area (Å²) >= 11 is 6.22. The van der Waals surface area contributed by atoms with Crippen LogP contribution in [0.15, 0.2) is 41.3 Å². The molecular formula is C24H29ClN2O3S. The second-order valence-corrected chi connectivity index (χ2v) is 10.7. The van der Waals surface area contributed by atoms with Gasteiger partial charge in [-0.05, 0) is 79.8 Å². The maximum absolute atomic E-state index is 13.0. The lowest BCUT2D eigenvalue weighted by atomic mass is 9.88. The zero-order valence-electron chi connectivity index (χ0n) is 17.9. The molecule has 4 rings (SSSR count). The highest BCUT2D eigenvalue weighted by molar-refractivity contribution is 7.89. The molecule has 0 saturated carbocycles. The number of hydrogen-bond acceptors (Lipinski definition) is 3. The summed E-state index contributed by atoms with van der Waals surface area (Å²) < 4.78 is 27.4. The van der Waals surface area contributed by atoms with E-state index >= 15 is 0 Å². The van der Waals surface area contributed by atoms with E-state index in [1.54, 1.807) is 6.07 Å². The van der Waals surface area contributed by atoms with Crippen LogP contribution in [0.1, 0.15) is 72.1 Å². The van der Waals surface area contributed by atoms with Crippen molar-refractivity contribution in [3.63, 3.8) is 0 Å². The van der Waals surface area contributed by atoms with Crippen molar-refractivity contribution in [2.24, 2.45) is 0 Å². The van der Waals surface area contributed by atoms with E-state index in [9.17, 15) is 13.2 Å². The molecule has 1 saturated heterocycles. The van der Waals surface area contributed by atoms with Crippen molar-refractivity contribution in [1.29, 1.82) is 0 Å². The molecule has 166 valence electrons. The van der Waals surface area contributed by atoms with E-state index in [-0.39, 0.29) is 21.9 Å². The molecule has 2 aromatic rings. The Morgan fingerprint density at radius 3 is 2.45 bits per heavy atom. The van der Waals surface area contributed by atoms with Crippen molar-refractivity contribution in [2.45, 2.75) is 62.8 Å². The largest absolute Gasteiger partial charge is 0.345 e. The summed E-state index contributed by atoms with van der Waals surface area (Å²) in [5.41, 5.74) is 4.18. The van der Waals surface area contributed by atoms with E-state index in [0.717, 1.165) is 37.7 Å². The van der Waals surface area contributed by atoms with Gasteiger partial charge in [0.1, 0.15) is 4.90 Å². The number of carbonyl (C=O) groups is 1. The van der Waals surface area contributed by atoms with Crippen molar-refractivity contribution >= 4 is 27.5 Å². The molecule has 1 unspecified atom stereocenters. The lowest BCUT2D eigenvalue weighted by molar-refractivity contribution is 0.0935. The molecule has 31 heavy (non-hydrogen) atoms. The number of amides is 1. The SMILES string of the molecule is CCC(NC(=O)c1ccc(Cl)c(S(=O)(=O)N2CCCC2)c1)c1ccc2c(c1)CCCC2. The number of aryl methyl sites for hydroxylation is 2. The minimum Gasteiger partial charge on any atom is -0.345 e. The lowest BCUT2D eigenvalue weighted by Gasteiger charge is -2.22. The fourth-order valence-corrected chi connectivity index (χ4v) is 6.56. The zero-order valence-corrected chi connectivity index (χ0v) is 19.4. The number of benzene rings is 2. The Labute approximate surface area is 189 Å². The minimum absolute atomic E-state index is 0.00514. The fraction of sp³-hybridized carbons (Fsp3) is 0.458. The third-order valence-corrected chi connectivity index (χ3v) is 8.74. The molecule has 1 fully saturated rings. The second kappa shape index (κ2) is 9.31. The van der Waals surface area contributed by atoms with Crippen LogP contribution in [0.5, 0.6) is 0 Å². The third kappa shape index (κ3) is 4.66. The number of halogens is 1. The molecule has 2 aliphatic rings. The highest BCUT2D eigenvalue weighted by atomic mass is 35.5. The van der Waals surface area contributed by atoms with Crippen molar-refractivity contribution in [2.75, 3.05) is 13.1 Å². The molecule has 1 heterocycles. The van der Waals surface area contributed by atoms with Gasteiger partial charge in [0.2, 0.25) is 10.0 Å². The molecule has 0 bridgehead atoms. The molecule has 1 aliphatic carbocycles. The van der Waals surface area contributed by atoms with Crippen LogP contribution in [0.3, 0.4) is 0 Å². The number of nitrogens with one attached hydrogen (secondary N) is 1. The van der Waals surface area contributed by atoms with Gasteiger partial charge in [-0.25, -0.2) is 8.42 Å². The van der Waals surface area contributed by atoms with Crippen LogP contribution in [0.2, 0.25) is 5.02 Å². The second-order valence-electron chi connectivity index (χ2n) is 8.43. The maximum Gasteiger partial charge on any atom is 0.251 e. The number of sulfonamides is 1. The van der Waals surface area contributed by atoms with Gasteiger partial charge in [-0.3, -0.25) is 4.79 Å². The maximum atomic E-state index is 13.0. The van der Waals surface area contributed by atoms with Crippen molar-refractivity contribution in [3.8, 4) is 0 Å². The summed E-state index contributed by atoms with van der Waals surface area (Å²) in [6.45, 7) is 3.02. The zero-order chi connectivity index (χ0) is 22.0. The predicted octanol–water partition coefficient (Wildman–Crippen LogP) is 4.88. The van der Waals surface area contributed by atoms with Crippen LogP contribution in [-0.2, 0) is 22.9 Å². The van der Waals surface area contributed by atoms with Gasteiger partial charge in [0.15, 0.2) is 0 Å². The molecule has 5 nitrogen and oxygen atoms in total. The smallest absolute Gasteiger partial charge is 0.251 e. The van der Waals surface area contributed by atoms with Crippen molar-refractivity contribution < 1.29 is 13.2 Å². The van der Waals surface area contributed by atoms with Gasteiger partial charge in [0.05, 0.1) is 11.1 Å². The van der Waals surface area contributed by atoms with E-state index in [4.69, 9.17) is 11.6 Å². The van der Waals surface area contributed by atoms with Crippen LogP contribution in [-0.4, -0.2) is 31.7 Å². The summed E-state index contributed by atoms with van der Waals surface area (Å²) in [5.74, 6) is -0.292. The topological polar surface area (TPSA) is 66.5 Å². The van der Waals surface area contributed by atoms with E-state index in [0.29, 0.717) is 18.7 Å². The first kappa shape index (κ1) is 22.3. The third-order valence-electron chi connectivity index (χ3n) is 6.36. The monoisotopic (exact) mass is 460 g/mol. The van der Waals surface area contributed by atoms with Crippen LogP contribution >= 0.6 is 11.6 Å².